The summed E-state index contributed by atoms with van der Waals surface area (Å²) >= 11 is 0. The van der Waals surface area contributed by atoms with Gasteiger partial charge in [0.2, 0.25) is 0 Å². The van der Waals surface area contributed by atoms with E-state index in [0.717, 1.165) is 0 Å². The van der Waals surface area contributed by atoms with Gasteiger partial charge in [-0.05, 0) is 0 Å². The molecule has 0 heterocycles. The highest BCUT2D eigenvalue weighted by Crippen LogP contribution is 2.26. The maximum Gasteiger partial charge on any atom is 0.110 e. The highest BCUT2D eigenvalue weighted by molar-refractivity contribution is 4.91. The first-order valence-electron chi connectivity index (χ1n) is 4.11. The third-order valence-corrected chi connectivity index (χ3v) is 2.12. The van der Waals surface area contributed by atoms with Gasteiger partial charge >= 0.3 is 0 Å². The van der Waals surface area contributed by atoms with Gasteiger partial charge in [-0.1, -0.05) is 0 Å². The molecule has 1 aliphatic rings. The van der Waals surface area contributed by atoms with Gasteiger partial charge in [0.25, 0.3) is 0 Å². The predicted octanol–water partition coefficient (Wildman–Crippen LogP) is -0.202. The van der Waals surface area contributed by atoms with E-state index in [4.69, 9.17) is 14.2 Å². The molecular formula is C8H16O4. The van der Waals surface area contributed by atoms with Crippen molar-refractivity contribution in [2.75, 3.05) is 27.4 Å². The summed E-state index contributed by atoms with van der Waals surface area (Å²) < 4.78 is 15.2. The molecule has 0 bridgehead atoms. The summed E-state index contributed by atoms with van der Waals surface area (Å²) in [6, 6.07) is 0. The van der Waals surface area contributed by atoms with Crippen LogP contribution in [0.1, 0.15) is 6.42 Å². The molecule has 0 saturated heterocycles. The van der Waals surface area contributed by atoms with Crippen LogP contribution < -0.4 is 0 Å². The van der Waals surface area contributed by atoms with E-state index in [0.29, 0.717) is 19.6 Å². The summed E-state index contributed by atoms with van der Waals surface area (Å²) in [6.07, 6.45) is 0.197. The molecule has 3 atom stereocenters. The number of aliphatic hydroxyl groups is 1. The van der Waals surface area contributed by atoms with Crippen molar-refractivity contribution in [1.29, 1.82) is 0 Å². The minimum absolute atomic E-state index is 0.0526. The van der Waals surface area contributed by atoms with Gasteiger partial charge in [0.05, 0.1) is 25.4 Å². The average molecular weight is 176 g/mol. The molecule has 1 fully saturated rings. The first-order valence-corrected chi connectivity index (χ1v) is 4.11. The molecule has 72 valence electrons. The van der Waals surface area contributed by atoms with Gasteiger partial charge in [-0.3, -0.25) is 0 Å². The van der Waals surface area contributed by atoms with Gasteiger partial charge in [-0.25, -0.2) is 0 Å². The second kappa shape index (κ2) is 4.77. The highest BCUT2D eigenvalue weighted by atomic mass is 16.6. The maximum atomic E-state index is 9.26. The van der Waals surface area contributed by atoms with E-state index in [-0.39, 0.29) is 18.3 Å². The van der Waals surface area contributed by atoms with Crippen molar-refractivity contribution in [3.05, 3.63) is 0 Å². The van der Waals surface area contributed by atoms with E-state index in [1.54, 1.807) is 14.2 Å². The van der Waals surface area contributed by atoms with Gasteiger partial charge in [0.1, 0.15) is 6.10 Å². The van der Waals surface area contributed by atoms with Crippen LogP contribution in [0.2, 0.25) is 0 Å². The summed E-state index contributed by atoms with van der Waals surface area (Å²) in [4.78, 5) is 0. The summed E-state index contributed by atoms with van der Waals surface area (Å²) in [5.74, 6) is 0. The fourth-order valence-electron chi connectivity index (χ4n) is 1.27. The van der Waals surface area contributed by atoms with Crippen LogP contribution in [0.15, 0.2) is 0 Å². The lowest BCUT2D eigenvalue weighted by Crippen LogP contribution is -2.53. The summed E-state index contributed by atoms with van der Waals surface area (Å²) in [6.45, 7) is 1.07. The van der Waals surface area contributed by atoms with Crippen LogP contribution in [0.25, 0.3) is 0 Å². The highest BCUT2D eigenvalue weighted by Gasteiger charge is 2.40. The quantitative estimate of drug-likeness (QED) is 0.589. The average Bonchev–Trinajstić information content (AvgIpc) is 2.08. The van der Waals surface area contributed by atoms with E-state index in [1.807, 2.05) is 0 Å². The van der Waals surface area contributed by atoms with Crippen LogP contribution in [0.4, 0.5) is 0 Å². The molecule has 0 aromatic carbocycles. The van der Waals surface area contributed by atoms with Gasteiger partial charge in [-0.15, -0.1) is 0 Å². The van der Waals surface area contributed by atoms with Crippen molar-refractivity contribution in [1.82, 2.24) is 0 Å². The van der Waals surface area contributed by atoms with Crippen molar-refractivity contribution in [3.63, 3.8) is 0 Å². The van der Waals surface area contributed by atoms with Crippen molar-refractivity contribution in [2.45, 2.75) is 24.7 Å². The van der Waals surface area contributed by atoms with Crippen LogP contribution in [0.5, 0.6) is 0 Å². The minimum Gasteiger partial charge on any atom is -0.390 e. The van der Waals surface area contributed by atoms with Gasteiger partial charge in [0.15, 0.2) is 0 Å². The van der Waals surface area contributed by atoms with E-state index in [9.17, 15) is 5.11 Å². The fourth-order valence-corrected chi connectivity index (χ4v) is 1.27. The van der Waals surface area contributed by atoms with Crippen LogP contribution >= 0.6 is 0 Å². The molecule has 12 heavy (non-hydrogen) atoms. The predicted molar refractivity (Wildman–Crippen MR) is 43.0 cm³/mol. The Hall–Kier alpha value is -0.160. The molecule has 0 amide bonds. The van der Waals surface area contributed by atoms with Crippen LogP contribution in [0.3, 0.4) is 0 Å². The molecule has 0 aromatic heterocycles. The number of hydrogen-bond acceptors (Lipinski definition) is 4. The number of methoxy groups -OCH3 is 2. The molecule has 0 spiro atoms. The largest absolute Gasteiger partial charge is 0.390 e. The lowest BCUT2D eigenvalue weighted by Gasteiger charge is -2.39. The fraction of sp³-hybridized carbons (Fsp3) is 1.00. The van der Waals surface area contributed by atoms with Gasteiger partial charge in [-0.2, -0.15) is 0 Å². The zero-order valence-corrected chi connectivity index (χ0v) is 7.53. The SMILES string of the molecule is COCCOC1C(O)CC1OC. The number of rotatable bonds is 5. The number of hydrogen-bond donors (Lipinski definition) is 1. The first kappa shape index (κ1) is 9.92. The minimum atomic E-state index is -0.369. The topological polar surface area (TPSA) is 47.9 Å². The van der Waals surface area contributed by atoms with Crippen molar-refractivity contribution in [3.8, 4) is 0 Å². The zero-order chi connectivity index (χ0) is 8.97. The molecule has 4 heteroatoms. The van der Waals surface area contributed by atoms with Crippen LogP contribution in [-0.4, -0.2) is 50.9 Å². The molecule has 0 aromatic rings. The van der Waals surface area contributed by atoms with Gasteiger partial charge < -0.3 is 19.3 Å². The van der Waals surface area contributed by atoms with E-state index < -0.39 is 0 Å². The normalized spacial score (nSPS) is 34.8. The monoisotopic (exact) mass is 176 g/mol. The molecule has 1 aliphatic carbocycles. The number of ether oxygens (including phenoxy) is 3. The second-order valence-electron chi connectivity index (χ2n) is 2.91. The summed E-state index contributed by atoms with van der Waals surface area (Å²) in [5.41, 5.74) is 0. The third kappa shape index (κ3) is 2.17. The van der Waals surface area contributed by atoms with Crippen molar-refractivity contribution < 1.29 is 19.3 Å². The first-order chi connectivity index (χ1) is 5.79. The van der Waals surface area contributed by atoms with E-state index >= 15 is 0 Å². The third-order valence-electron chi connectivity index (χ3n) is 2.12. The Morgan fingerprint density at radius 2 is 2.08 bits per heavy atom. The standard InChI is InChI=1S/C8H16O4/c1-10-3-4-12-8-6(9)5-7(8)11-2/h6-9H,3-5H2,1-2H3. The van der Waals surface area contributed by atoms with Crippen LogP contribution in [-0.2, 0) is 14.2 Å². The Balaban J connectivity index is 2.12. The Morgan fingerprint density at radius 3 is 2.58 bits per heavy atom. The summed E-state index contributed by atoms with van der Waals surface area (Å²) in [7, 11) is 3.25. The molecule has 1 N–H and O–H groups in total. The second-order valence-corrected chi connectivity index (χ2v) is 2.91. The Kier molecular flexibility index (Phi) is 3.94. The lowest BCUT2D eigenvalue weighted by molar-refractivity contribution is -0.186. The Labute approximate surface area is 72.4 Å². The molecule has 0 aliphatic heterocycles. The lowest BCUT2D eigenvalue weighted by atomic mass is 9.88. The molecule has 3 unspecified atom stereocenters. The molecule has 1 saturated carbocycles. The number of aliphatic hydroxyl groups excluding tert-OH is 1. The van der Waals surface area contributed by atoms with Crippen molar-refractivity contribution in [2.24, 2.45) is 0 Å². The zero-order valence-electron chi connectivity index (χ0n) is 7.53. The Bertz CT molecular complexity index is 128. The molecule has 1 rings (SSSR count). The van der Waals surface area contributed by atoms with Crippen LogP contribution in [0, 0.1) is 0 Å². The summed E-state index contributed by atoms with van der Waals surface area (Å²) in [5, 5.41) is 9.26. The van der Waals surface area contributed by atoms with Gasteiger partial charge in [0, 0.05) is 20.6 Å². The molecular weight excluding hydrogens is 160 g/mol. The Morgan fingerprint density at radius 1 is 1.33 bits per heavy atom. The van der Waals surface area contributed by atoms with E-state index in [2.05, 4.69) is 0 Å². The van der Waals surface area contributed by atoms with Crippen molar-refractivity contribution >= 4 is 0 Å². The van der Waals surface area contributed by atoms with E-state index in [1.165, 1.54) is 0 Å². The molecule has 0 radical (unpaired) electrons. The maximum absolute atomic E-state index is 9.26. The smallest absolute Gasteiger partial charge is 0.110 e. The molecule has 4 nitrogen and oxygen atoms in total.